The monoisotopic (exact) mass is 387 g/mol. The van der Waals surface area contributed by atoms with E-state index in [9.17, 15) is 4.79 Å². The number of aromatic nitrogens is 1. The Hall–Kier alpha value is -2.39. The molecule has 3 rings (SSSR count). The second-order valence-electron chi connectivity index (χ2n) is 5.18. The molecule has 3 aromatic rings. The Labute approximate surface area is 158 Å². The minimum absolute atomic E-state index is 0.154. The van der Waals surface area contributed by atoms with Gasteiger partial charge < -0.3 is 5.32 Å². The summed E-state index contributed by atoms with van der Waals surface area (Å²) in [6.07, 6.45) is 0.154. The fraction of sp³-hybridized carbons (Fsp3) is 0.0556. The zero-order valence-corrected chi connectivity index (χ0v) is 15.1. The van der Waals surface area contributed by atoms with Gasteiger partial charge in [-0.25, -0.2) is 4.98 Å². The highest BCUT2D eigenvalue weighted by Gasteiger charge is 2.10. The molecule has 0 atom stereocenters. The molecule has 0 spiro atoms. The molecule has 1 N–H and O–H groups in total. The number of rotatable bonds is 4. The standard InChI is InChI=1S/C18H11Cl2N3OS/c19-13-4-1-11(2-5-13)18-23-15(10-25-18)8-17(24)22-14-6-3-12(9-21)16(20)7-14/h1-7,10H,8H2,(H,22,24). The van der Waals surface area contributed by atoms with Crippen molar-refractivity contribution in [3.8, 4) is 16.6 Å². The summed E-state index contributed by atoms with van der Waals surface area (Å²) in [6, 6.07) is 14.1. The van der Waals surface area contributed by atoms with Gasteiger partial charge in [-0.1, -0.05) is 35.3 Å². The van der Waals surface area contributed by atoms with Gasteiger partial charge in [-0.3, -0.25) is 4.79 Å². The van der Waals surface area contributed by atoms with Crippen LogP contribution in [0.2, 0.25) is 10.0 Å². The van der Waals surface area contributed by atoms with Gasteiger partial charge in [-0.2, -0.15) is 5.26 Å². The first-order chi connectivity index (χ1) is 12.0. The fourth-order valence-corrected chi connectivity index (χ4v) is 3.34. The number of amides is 1. The van der Waals surface area contributed by atoms with Gasteiger partial charge in [0.05, 0.1) is 22.7 Å². The van der Waals surface area contributed by atoms with E-state index < -0.39 is 0 Å². The number of thiazole rings is 1. The summed E-state index contributed by atoms with van der Waals surface area (Å²) in [5.74, 6) is -0.200. The van der Waals surface area contributed by atoms with Gasteiger partial charge in [0, 0.05) is 21.7 Å². The number of nitriles is 1. The molecule has 1 heterocycles. The van der Waals surface area contributed by atoms with Crippen molar-refractivity contribution in [1.29, 1.82) is 5.26 Å². The Morgan fingerprint density at radius 3 is 2.64 bits per heavy atom. The highest BCUT2D eigenvalue weighted by molar-refractivity contribution is 7.13. The summed E-state index contributed by atoms with van der Waals surface area (Å²) in [7, 11) is 0. The van der Waals surface area contributed by atoms with E-state index in [2.05, 4.69) is 10.3 Å². The summed E-state index contributed by atoms with van der Waals surface area (Å²) in [5, 5.41) is 15.3. The number of halogens is 2. The van der Waals surface area contributed by atoms with Crippen molar-refractivity contribution in [2.45, 2.75) is 6.42 Å². The molecule has 0 aliphatic carbocycles. The molecule has 1 amide bonds. The molecule has 124 valence electrons. The van der Waals surface area contributed by atoms with Crippen LogP contribution in [-0.4, -0.2) is 10.9 Å². The average molecular weight is 388 g/mol. The van der Waals surface area contributed by atoms with E-state index in [1.165, 1.54) is 11.3 Å². The van der Waals surface area contributed by atoms with E-state index >= 15 is 0 Å². The van der Waals surface area contributed by atoms with Gasteiger partial charge >= 0.3 is 0 Å². The first-order valence-electron chi connectivity index (χ1n) is 7.25. The number of benzene rings is 2. The Morgan fingerprint density at radius 2 is 1.96 bits per heavy atom. The van der Waals surface area contributed by atoms with Crippen LogP contribution in [0.5, 0.6) is 0 Å². The number of nitrogens with zero attached hydrogens (tertiary/aromatic N) is 2. The van der Waals surface area contributed by atoms with Gasteiger partial charge in [0.15, 0.2) is 0 Å². The predicted molar refractivity (Wildman–Crippen MR) is 101 cm³/mol. The second kappa shape index (κ2) is 7.66. The summed E-state index contributed by atoms with van der Waals surface area (Å²) in [4.78, 5) is 16.6. The number of anilines is 1. The molecule has 1 aromatic heterocycles. The number of nitrogens with one attached hydrogen (secondary N) is 1. The Bertz CT molecular complexity index is 961. The molecule has 0 aliphatic heterocycles. The van der Waals surface area contributed by atoms with Gasteiger partial charge in [0.1, 0.15) is 11.1 Å². The lowest BCUT2D eigenvalue weighted by molar-refractivity contribution is -0.115. The molecule has 7 heteroatoms. The molecule has 2 aromatic carbocycles. The lowest BCUT2D eigenvalue weighted by atomic mass is 10.2. The summed E-state index contributed by atoms with van der Waals surface area (Å²) >= 11 is 13.3. The average Bonchev–Trinajstić information content (AvgIpc) is 3.04. The fourth-order valence-electron chi connectivity index (χ4n) is 2.17. The molecule has 0 fully saturated rings. The Balaban J connectivity index is 1.66. The maximum absolute atomic E-state index is 12.2. The zero-order chi connectivity index (χ0) is 17.8. The number of carbonyl (C=O) groups is 1. The van der Waals surface area contributed by atoms with Crippen molar-refractivity contribution in [2.24, 2.45) is 0 Å². The lowest BCUT2D eigenvalue weighted by Gasteiger charge is -2.05. The van der Waals surface area contributed by atoms with E-state index in [4.69, 9.17) is 28.5 Å². The topological polar surface area (TPSA) is 65.8 Å². The molecule has 0 aliphatic rings. The van der Waals surface area contributed by atoms with Crippen LogP contribution in [-0.2, 0) is 11.2 Å². The van der Waals surface area contributed by atoms with Crippen molar-refractivity contribution in [3.63, 3.8) is 0 Å². The van der Waals surface area contributed by atoms with Crippen LogP contribution in [0.15, 0.2) is 47.8 Å². The maximum Gasteiger partial charge on any atom is 0.230 e. The van der Waals surface area contributed by atoms with E-state index in [1.54, 1.807) is 30.3 Å². The molecule has 0 saturated heterocycles. The molecular formula is C18H11Cl2N3OS. The normalized spacial score (nSPS) is 10.3. The van der Waals surface area contributed by atoms with Gasteiger partial charge in [0.25, 0.3) is 0 Å². The molecule has 4 nitrogen and oxygen atoms in total. The van der Waals surface area contributed by atoms with Crippen molar-refractivity contribution in [1.82, 2.24) is 4.98 Å². The van der Waals surface area contributed by atoms with Crippen LogP contribution in [0.25, 0.3) is 10.6 Å². The van der Waals surface area contributed by atoms with Crippen LogP contribution in [0, 0.1) is 11.3 Å². The zero-order valence-electron chi connectivity index (χ0n) is 12.8. The predicted octanol–water partition coefficient (Wildman–Crippen LogP) is 5.17. The third-order valence-electron chi connectivity index (χ3n) is 3.36. The van der Waals surface area contributed by atoms with E-state index in [0.717, 1.165) is 10.6 Å². The van der Waals surface area contributed by atoms with Crippen molar-refractivity contribution in [3.05, 3.63) is 69.1 Å². The summed E-state index contributed by atoms with van der Waals surface area (Å²) < 4.78 is 0. The first-order valence-corrected chi connectivity index (χ1v) is 8.88. The number of hydrogen-bond donors (Lipinski definition) is 1. The number of hydrogen-bond acceptors (Lipinski definition) is 4. The summed E-state index contributed by atoms with van der Waals surface area (Å²) in [5.41, 5.74) is 2.56. The third-order valence-corrected chi connectivity index (χ3v) is 4.86. The van der Waals surface area contributed by atoms with E-state index in [-0.39, 0.29) is 12.3 Å². The van der Waals surface area contributed by atoms with Crippen molar-refractivity contribution < 1.29 is 4.79 Å². The second-order valence-corrected chi connectivity index (χ2v) is 6.88. The third kappa shape index (κ3) is 4.37. The molecular weight excluding hydrogens is 377 g/mol. The molecule has 0 bridgehead atoms. The largest absolute Gasteiger partial charge is 0.326 e. The SMILES string of the molecule is N#Cc1ccc(NC(=O)Cc2csc(-c3ccc(Cl)cc3)n2)cc1Cl. The molecule has 0 saturated carbocycles. The van der Waals surface area contributed by atoms with Gasteiger partial charge in [-0.15, -0.1) is 11.3 Å². The van der Waals surface area contributed by atoms with E-state index in [0.29, 0.717) is 27.0 Å². The van der Waals surface area contributed by atoms with E-state index in [1.807, 2.05) is 23.6 Å². The summed E-state index contributed by atoms with van der Waals surface area (Å²) in [6.45, 7) is 0. The maximum atomic E-state index is 12.2. The van der Waals surface area contributed by atoms with Crippen LogP contribution in [0.1, 0.15) is 11.3 Å². The number of carbonyl (C=O) groups excluding carboxylic acids is 1. The lowest BCUT2D eigenvalue weighted by Crippen LogP contribution is -2.14. The minimum Gasteiger partial charge on any atom is -0.326 e. The smallest absolute Gasteiger partial charge is 0.230 e. The molecule has 25 heavy (non-hydrogen) atoms. The minimum atomic E-state index is -0.200. The van der Waals surface area contributed by atoms with Crippen LogP contribution < -0.4 is 5.32 Å². The van der Waals surface area contributed by atoms with Crippen molar-refractivity contribution in [2.75, 3.05) is 5.32 Å². The van der Waals surface area contributed by atoms with Crippen LogP contribution in [0.4, 0.5) is 5.69 Å². The highest BCUT2D eigenvalue weighted by Crippen LogP contribution is 2.25. The Morgan fingerprint density at radius 1 is 1.20 bits per heavy atom. The van der Waals surface area contributed by atoms with Crippen molar-refractivity contribution >= 4 is 46.1 Å². The highest BCUT2D eigenvalue weighted by atomic mass is 35.5. The molecule has 0 unspecified atom stereocenters. The van der Waals surface area contributed by atoms with Gasteiger partial charge in [0.2, 0.25) is 5.91 Å². The quantitative estimate of drug-likeness (QED) is 0.671. The van der Waals surface area contributed by atoms with Crippen LogP contribution >= 0.6 is 34.5 Å². The van der Waals surface area contributed by atoms with Crippen LogP contribution in [0.3, 0.4) is 0 Å². The van der Waals surface area contributed by atoms with Gasteiger partial charge in [-0.05, 0) is 30.3 Å². The molecule has 0 radical (unpaired) electrons. The first kappa shape index (κ1) is 17.4. The Kier molecular flexibility index (Phi) is 5.34.